The summed E-state index contributed by atoms with van der Waals surface area (Å²) in [5.41, 5.74) is 0.778. The minimum atomic E-state index is 0.273. The van der Waals surface area contributed by atoms with Gasteiger partial charge in [-0.15, -0.1) is 0 Å². The number of aryl methyl sites for hydroxylation is 1. The molecule has 0 bridgehead atoms. The van der Waals surface area contributed by atoms with Crippen LogP contribution >= 0.6 is 0 Å². The molecule has 0 spiro atoms. The second-order valence-electron chi connectivity index (χ2n) is 1.85. The van der Waals surface area contributed by atoms with Crippen LogP contribution in [0.1, 0.15) is 11.5 Å². The SMILES string of the molecule is Cc1[c]cnc(CC#N)n1. The van der Waals surface area contributed by atoms with Gasteiger partial charge in [-0.2, -0.15) is 5.26 Å². The Morgan fingerprint density at radius 3 is 3.20 bits per heavy atom. The highest BCUT2D eigenvalue weighted by Gasteiger charge is 1.92. The maximum absolute atomic E-state index is 8.27. The molecule has 49 valence electrons. The molecule has 0 N–H and O–H groups in total. The summed E-state index contributed by atoms with van der Waals surface area (Å²) in [5, 5.41) is 8.27. The molecule has 0 amide bonds. The van der Waals surface area contributed by atoms with Gasteiger partial charge in [0.2, 0.25) is 0 Å². The van der Waals surface area contributed by atoms with E-state index in [1.54, 1.807) is 0 Å². The Bertz CT molecular complexity index is 262. The fourth-order valence-corrected chi connectivity index (χ4v) is 0.611. The molecule has 0 aliphatic rings. The summed E-state index contributed by atoms with van der Waals surface area (Å²) < 4.78 is 0. The van der Waals surface area contributed by atoms with E-state index < -0.39 is 0 Å². The monoisotopic (exact) mass is 132 g/mol. The zero-order valence-corrected chi connectivity index (χ0v) is 5.63. The molecule has 0 fully saturated rings. The largest absolute Gasteiger partial charge is 0.240 e. The lowest BCUT2D eigenvalue weighted by molar-refractivity contribution is 0.961. The van der Waals surface area contributed by atoms with E-state index in [0.29, 0.717) is 5.82 Å². The summed E-state index contributed by atoms with van der Waals surface area (Å²) in [7, 11) is 0. The average Bonchev–Trinajstić information content (AvgIpc) is 1.88. The van der Waals surface area contributed by atoms with Gasteiger partial charge in [-0.05, 0) is 6.92 Å². The molecule has 1 aromatic rings. The first-order valence-electron chi connectivity index (χ1n) is 2.90. The highest BCUT2D eigenvalue weighted by atomic mass is 14.9. The highest BCUT2D eigenvalue weighted by molar-refractivity contribution is 5.01. The fraction of sp³-hybridized carbons (Fsp3) is 0.286. The number of aromatic nitrogens is 2. The van der Waals surface area contributed by atoms with E-state index >= 15 is 0 Å². The standard InChI is InChI=1S/C7H6N3/c1-6-3-5-9-7(10-6)2-4-8/h5H,2H2,1H3. The van der Waals surface area contributed by atoms with Crippen molar-refractivity contribution in [3.63, 3.8) is 0 Å². The normalized spacial score (nSPS) is 8.80. The van der Waals surface area contributed by atoms with E-state index in [1.165, 1.54) is 6.20 Å². The molecule has 1 rings (SSSR count). The van der Waals surface area contributed by atoms with Gasteiger partial charge in [0.25, 0.3) is 0 Å². The molecule has 3 heteroatoms. The average molecular weight is 132 g/mol. The van der Waals surface area contributed by atoms with Crippen LogP contribution < -0.4 is 0 Å². The Morgan fingerprint density at radius 2 is 2.60 bits per heavy atom. The van der Waals surface area contributed by atoms with Crippen LogP contribution in [0.3, 0.4) is 0 Å². The van der Waals surface area contributed by atoms with Gasteiger partial charge < -0.3 is 0 Å². The maximum atomic E-state index is 8.27. The Hall–Kier alpha value is -1.43. The Kier molecular flexibility index (Phi) is 1.96. The predicted octanol–water partition coefficient (Wildman–Crippen LogP) is 0.651. The lowest BCUT2D eigenvalue weighted by Gasteiger charge is -1.91. The van der Waals surface area contributed by atoms with Crippen molar-refractivity contribution in [2.75, 3.05) is 0 Å². The van der Waals surface area contributed by atoms with Crippen LogP contribution in [0, 0.1) is 24.3 Å². The van der Waals surface area contributed by atoms with Crippen molar-refractivity contribution in [3.8, 4) is 6.07 Å². The number of nitrogens with zero attached hydrogens (tertiary/aromatic N) is 3. The number of nitriles is 1. The molecule has 1 heterocycles. The summed E-state index contributed by atoms with van der Waals surface area (Å²) in [6.45, 7) is 1.82. The molecule has 0 aromatic carbocycles. The second kappa shape index (κ2) is 2.92. The molecule has 0 aliphatic heterocycles. The van der Waals surface area contributed by atoms with E-state index in [9.17, 15) is 0 Å². The van der Waals surface area contributed by atoms with Crippen molar-refractivity contribution >= 4 is 0 Å². The van der Waals surface area contributed by atoms with Crippen LogP contribution in [0.4, 0.5) is 0 Å². The molecule has 1 radical (unpaired) electrons. The molecule has 0 saturated carbocycles. The quantitative estimate of drug-likeness (QED) is 0.563. The van der Waals surface area contributed by atoms with Crippen molar-refractivity contribution in [1.82, 2.24) is 9.97 Å². The molecule has 10 heavy (non-hydrogen) atoms. The van der Waals surface area contributed by atoms with Gasteiger partial charge in [0.05, 0.1) is 12.5 Å². The Morgan fingerprint density at radius 1 is 1.80 bits per heavy atom. The maximum Gasteiger partial charge on any atom is 0.142 e. The third kappa shape index (κ3) is 1.52. The minimum absolute atomic E-state index is 0.273. The molecule has 0 saturated heterocycles. The van der Waals surface area contributed by atoms with Crippen LogP contribution in [0.2, 0.25) is 0 Å². The second-order valence-corrected chi connectivity index (χ2v) is 1.85. The lowest BCUT2D eigenvalue weighted by Crippen LogP contribution is -1.93. The first kappa shape index (κ1) is 6.69. The molecule has 3 nitrogen and oxygen atoms in total. The van der Waals surface area contributed by atoms with Gasteiger partial charge in [-0.1, -0.05) is 0 Å². The number of hydrogen-bond donors (Lipinski definition) is 0. The molecular weight excluding hydrogens is 126 g/mol. The van der Waals surface area contributed by atoms with E-state index in [2.05, 4.69) is 16.0 Å². The molecule has 0 unspecified atom stereocenters. The van der Waals surface area contributed by atoms with E-state index in [-0.39, 0.29) is 6.42 Å². The van der Waals surface area contributed by atoms with Crippen molar-refractivity contribution in [1.29, 1.82) is 5.26 Å². The van der Waals surface area contributed by atoms with Crippen LogP contribution in [0.15, 0.2) is 6.20 Å². The zero-order chi connectivity index (χ0) is 7.40. The van der Waals surface area contributed by atoms with Gasteiger partial charge in [-0.3, -0.25) is 0 Å². The van der Waals surface area contributed by atoms with Gasteiger partial charge in [-0.25, -0.2) is 9.97 Å². The molecule has 0 aliphatic carbocycles. The number of hydrogen-bond acceptors (Lipinski definition) is 3. The van der Waals surface area contributed by atoms with Crippen molar-refractivity contribution < 1.29 is 0 Å². The third-order valence-corrected chi connectivity index (χ3v) is 1.02. The minimum Gasteiger partial charge on any atom is -0.240 e. The van der Waals surface area contributed by atoms with E-state index in [4.69, 9.17) is 5.26 Å². The summed E-state index contributed by atoms with van der Waals surface area (Å²) in [6.07, 6.45) is 1.81. The van der Waals surface area contributed by atoms with E-state index in [1.807, 2.05) is 13.0 Å². The van der Waals surface area contributed by atoms with Crippen molar-refractivity contribution in [2.45, 2.75) is 13.3 Å². The predicted molar refractivity (Wildman–Crippen MR) is 34.9 cm³/mol. The third-order valence-electron chi connectivity index (χ3n) is 1.02. The summed E-state index contributed by atoms with van der Waals surface area (Å²) in [4.78, 5) is 7.81. The summed E-state index contributed by atoms with van der Waals surface area (Å²) in [5.74, 6) is 0.568. The van der Waals surface area contributed by atoms with Crippen molar-refractivity contribution in [3.05, 3.63) is 23.8 Å². The van der Waals surface area contributed by atoms with Crippen LogP contribution in [0.5, 0.6) is 0 Å². The van der Waals surface area contributed by atoms with E-state index in [0.717, 1.165) is 5.69 Å². The number of rotatable bonds is 1. The van der Waals surface area contributed by atoms with Gasteiger partial charge in [0.1, 0.15) is 5.82 Å². The topological polar surface area (TPSA) is 49.6 Å². The van der Waals surface area contributed by atoms with Crippen LogP contribution in [-0.4, -0.2) is 9.97 Å². The van der Waals surface area contributed by atoms with Crippen molar-refractivity contribution in [2.24, 2.45) is 0 Å². The van der Waals surface area contributed by atoms with Gasteiger partial charge >= 0.3 is 0 Å². The summed E-state index contributed by atoms with van der Waals surface area (Å²) in [6, 6.07) is 4.77. The van der Waals surface area contributed by atoms with Gasteiger partial charge in [0.15, 0.2) is 0 Å². The summed E-state index contributed by atoms with van der Waals surface area (Å²) >= 11 is 0. The van der Waals surface area contributed by atoms with Crippen LogP contribution in [-0.2, 0) is 6.42 Å². The molecule has 1 aromatic heterocycles. The Labute approximate surface area is 59.4 Å². The first-order valence-corrected chi connectivity index (χ1v) is 2.90. The smallest absolute Gasteiger partial charge is 0.142 e. The van der Waals surface area contributed by atoms with Gasteiger partial charge in [0, 0.05) is 18.0 Å². The fourth-order valence-electron chi connectivity index (χ4n) is 0.611. The molecular formula is C7H6N3. The van der Waals surface area contributed by atoms with Crippen LogP contribution in [0.25, 0.3) is 0 Å². The Balaban J connectivity index is 2.87. The first-order chi connectivity index (χ1) is 4.83. The lowest BCUT2D eigenvalue weighted by atomic mass is 10.4. The zero-order valence-electron chi connectivity index (χ0n) is 5.63. The highest BCUT2D eigenvalue weighted by Crippen LogP contribution is 1.91. The molecule has 0 atom stereocenters.